The van der Waals surface area contributed by atoms with Gasteiger partial charge in [0.2, 0.25) is 6.79 Å². The van der Waals surface area contributed by atoms with E-state index in [-0.39, 0.29) is 6.79 Å². The van der Waals surface area contributed by atoms with E-state index in [0.29, 0.717) is 23.7 Å². The zero-order valence-electron chi connectivity index (χ0n) is 16.6. The maximum absolute atomic E-state index is 12.3. The van der Waals surface area contributed by atoms with Crippen LogP contribution in [-0.4, -0.2) is 25.3 Å². The number of unbranched alkanes of at least 4 members (excludes halogenated alkanes) is 3. The van der Waals surface area contributed by atoms with E-state index in [1.807, 2.05) is 0 Å². The van der Waals surface area contributed by atoms with Crippen molar-refractivity contribution in [2.24, 2.45) is 0 Å². The molecule has 0 aliphatic rings. The maximum atomic E-state index is 12.3. The third-order valence-electron chi connectivity index (χ3n) is 3.98. The molecule has 2 aromatic rings. The number of esters is 2. The summed E-state index contributed by atoms with van der Waals surface area (Å²) in [4.78, 5) is 23.2. The molecule has 0 spiro atoms. The number of rotatable bonds is 12. The van der Waals surface area contributed by atoms with Crippen molar-refractivity contribution in [2.75, 3.05) is 13.4 Å². The van der Waals surface area contributed by atoms with E-state index in [1.165, 1.54) is 12.8 Å². The molecule has 29 heavy (non-hydrogen) atoms. The maximum Gasteiger partial charge on any atom is 0.343 e. The standard InChI is InChI=1S/C23H26O6/c1-3-5-6-7-16-26-19-12-14-21(15-13-19)29-23(25)18-8-10-20(11-9-18)27-17-28-22(24)4-2/h4,8-15H,2-3,5-7,16-17H2,1H3. The van der Waals surface area contributed by atoms with Crippen LogP contribution >= 0.6 is 0 Å². The van der Waals surface area contributed by atoms with Crippen molar-refractivity contribution in [2.45, 2.75) is 32.6 Å². The summed E-state index contributed by atoms with van der Waals surface area (Å²) in [6, 6.07) is 13.3. The van der Waals surface area contributed by atoms with Gasteiger partial charge in [0.05, 0.1) is 12.2 Å². The highest BCUT2D eigenvalue weighted by molar-refractivity contribution is 5.91. The molecule has 6 nitrogen and oxygen atoms in total. The van der Waals surface area contributed by atoms with Crippen LogP contribution in [0.2, 0.25) is 0 Å². The second-order valence-corrected chi connectivity index (χ2v) is 6.22. The van der Waals surface area contributed by atoms with E-state index in [9.17, 15) is 9.59 Å². The summed E-state index contributed by atoms with van der Waals surface area (Å²) < 4.78 is 21.0. The Labute approximate surface area is 171 Å². The highest BCUT2D eigenvalue weighted by Crippen LogP contribution is 2.20. The zero-order chi connectivity index (χ0) is 20.9. The van der Waals surface area contributed by atoms with Crippen LogP contribution in [0, 0.1) is 0 Å². The van der Waals surface area contributed by atoms with Crippen LogP contribution in [0.25, 0.3) is 0 Å². The Kier molecular flexibility index (Phi) is 9.29. The van der Waals surface area contributed by atoms with Gasteiger partial charge in [-0.2, -0.15) is 0 Å². The minimum atomic E-state index is -0.571. The van der Waals surface area contributed by atoms with Crippen LogP contribution in [-0.2, 0) is 9.53 Å². The molecule has 0 radical (unpaired) electrons. The van der Waals surface area contributed by atoms with Gasteiger partial charge in [-0.05, 0) is 55.0 Å². The van der Waals surface area contributed by atoms with Crippen molar-refractivity contribution in [3.63, 3.8) is 0 Å². The number of hydrogen-bond acceptors (Lipinski definition) is 6. The fraction of sp³-hybridized carbons (Fsp3) is 0.304. The van der Waals surface area contributed by atoms with Crippen LogP contribution in [0.15, 0.2) is 61.2 Å². The largest absolute Gasteiger partial charge is 0.494 e. The Hall–Kier alpha value is -3.28. The van der Waals surface area contributed by atoms with Gasteiger partial charge in [0, 0.05) is 6.08 Å². The Bertz CT molecular complexity index is 780. The molecule has 2 rings (SSSR count). The van der Waals surface area contributed by atoms with Crippen molar-refractivity contribution >= 4 is 11.9 Å². The molecular formula is C23H26O6. The van der Waals surface area contributed by atoms with Gasteiger partial charge in [0.15, 0.2) is 0 Å². The van der Waals surface area contributed by atoms with Crippen molar-refractivity contribution in [3.8, 4) is 17.2 Å². The average molecular weight is 398 g/mol. The molecular weight excluding hydrogens is 372 g/mol. The molecule has 0 bridgehead atoms. The molecule has 0 atom stereocenters. The summed E-state index contributed by atoms with van der Waals surface area (Å²) in [5.41, 5.74) is 0.372. The molecule has 0 aliphatic carbocycles. The molecule has 0 unspecified atom stereocenters. The zero-order valence-corrected chi connectivity index (χ0v) is 16.6. The number of carbonyl (C=O) groups excluding carboxylic acids is 2. The number of carbonyl (C=O) groups is 2. The Morgan fingerprint density at radius 3 is 2.14 bits per heavy atom. The van der Waals surface area contributed by atoms with Crippen molar-refractivity contribution in [1.82, 2.24) is 0 Å². The molecule has 0 fully saturated rings. The lowest BCUT2D eigenvalue weighted by atomic mass is 10.2. The molecule has 0 aliphatic heterocycles. The van der Waals surface area contributed by atoms with Crippen molar-refractivity contribution in [3.05, 3.63) is 66.7 Å². The van der Waals surface area contributed by atoms with Gasteiger partial charge in [-0.1, -0.05) is 32.8 Å². The minimum absolute atomic E-state index is 0.234. The summed E-state index contributed by atoms with van der Waals surface area (Å²) >= 11 is 0. The Balaban J connectivity index is 1.78. The SMILES string of the molecule is C=CC(=O)OCOc1ccc(C(=O)Oc2ccc(OCCCCCC)cc2)cc1. The monoisotopic (exact) mass is 398 g/mol. The molecule has 0 saturated carbocycles. The predicted molar refractivity (Wildman–Crippen MR) is 109 cm³/mol. The molecule has 0 amide bonds. The fourth-order valence-electron chi connectivity index (χ4n) is 2.39. The summed E-state index contributed by atoms with van der Waals surface area (Å²) in [6.45, 7) is 5.91. The first kappa shape index (κ1) is 22.0. The van der Waals surface area contributed by atoms with Crippen LogP contribution in [0.5, 0.6) is 17.2 Å². The van der Waals surface area contributed by atoms with Crippen molar-refractivity contribution < 1.29 is 28.5 Å². The van der Waals surface area contributed by atoms with Gasteiger partial charge in [-0.25, -0.2) is 9.59 Å². The fourth-order valence-corrected chi connectivity index (χ4v) is 2.39. The van der Waals surface area contributed by atoms with Gasteiger partial charge in [0.25, 0.3) is 0 Å². The van der Waals surface area contributed by atoms with Gasteiger partial charge >= 0.3 is 11.9 Å². The molecule has 2 aromatic carbocycles. The normalized spacial score (nSPS) is 10.1. The lowest BCUT2D eigenvalue weighted by molar-refractivity contribution is -0.144. The third kappa shape index (κ3) is 8.09. The summed E-state index contributed by atoms with van der Waals surface area (Å²) in [6.07, 6.45) is 5.65. The molecule has 0 heterocycles. The predicted octanol–water partition coefficient (Wildman–Crippen LogP) is 4.93. The first-order valence-electron chi connectivity index (χ1n) is 9.59. The molecule has 154 valence electrons. The molecule has 0 saturated heterocycles. The van der Waals surface area contributed by atoms with Crippen LogP contribution in [0.1, 0.15) is 43.0 Å². The van der Waals surface area contributed by atoms with E-state index in [4.69, 9.17) is 18.9 Å². The lowest BCUT2D eigenvalue weighted by Gasteiger charge is -2.09. The smallest absolute Gasteiger partial charge is 0.343 e. The van der Waals surface area contributed by atoms with Gasteiger partial charge in [-0.15, -0.1) is 0 Å². The van der Waals surface area contributed by atoms with Gasteiger partial charge < -0.3 is 18.9 Å². The average Bonchev–Trinajstić information content (AvgIpc) is 2.75. The summed E-state index contributed by atoms with van der Waals surface area (Å²) in [5, 5.41) is 0. The molecule has 0 N–H and O–H groups in total. The highest BCUT2D eigenvalue weighted by atomic mass is 16.7. The second-order valence-electron chi connectivity index (χ2n) is 6.22. The number of ether oxygens (including phenoxy) is 4. The lowest BCUT2D eigenvalue weighted by Crippen LogP contribution is -2.09. The van der Waals surface area contributed by atoms with E-state index >= 15 is 0 Å². The van der Waals surface area contributed by atoms with Crippen LogP contribution in [0.3, 0.4) is 0 Å². The van der Waals surface area contributed by atoms with Crippen LogP contribution < -0.4 is 14.2 Å². The van der Waals surface area contributed by atoms with E-state index in [2.05, 4.69) is 13.5 Å². The van der Waals surface area contributed by atoms with Gasteiger partial charge in [-0.3, -0.25) is 0 Å². The Morgan fingerprint density at radius 2 is 1.48 bits per heavy atom. The number of benzene rings is 2. The number of hydrogen-bond donors (Lipinski definition) is 0. The van der Waals surface area contributed by atoms with E-state index < -0.39 is 11.9 Å². The quantitative estimate of drug-likeness (QED) is 0.166. The van der Waals surface area contributed by atoms with Crippen LogP contribution in [0.4, 0.5) is 0 Å². The van der Waals surface area contributed by atoms with E-state index in [0.717, 1.165) is 24.7 Å². The molecule has 6 heteroatoms. The van der Waals surface area contributed by atoms with Gasteiger partial charge in [0.1, 0.15) is 17.2 Å². The first-order chi connectivity index (χ1) is 14.1. The second kappa shape index (κ2) is 12.2. The highest BCUT2D eigenvalue weighted by Gasteiger charge is 2.09. The first-order valence-corrected chi connectivity index (χ1v) is 9.59. The molecule has 0 aromatic heterocycles. The topological polar surface area (TPSA) is 71.1 Å². The summed E-state index contributed by atoms with van der Waals surface area (Å²) in [7, 11) is 0. The van der Waals surface area contributed by atoms with E-state index in [1.54, 1.807) is 48.5 Å². The Morgan fingerprint density at radius 1 is 0.862 bits per heavy atom. The summed E-state index contributed by atoms with van der Waals surface area (Å²) in [5.74, 6) is 0.588. The minimum Gasteiger partial charge on any atom is -0.494 e. The third-order valence-corrected chi connectivity index (χ3v) is 3.98. The van der Waals surface area contributed by atoms with Crippen molar-refractivity contribution in [1.29, 1.82) is 0 Å².